The summed E-state index contributed by atoms with van der Waals surface area (Å²) in [5.41, 5.74) is 1.16. The summed E-state index contributed by atoms with van der Waals surface area (Å²) in [7, 11) is 1.67. The van der Waals surface area contributed by atoms with Gasteiger partial charge in [-0.15, -0.1) is 0 Å². The molecule has 0 aliphatic carbocycles. The molecule has 1 heterocycles. The fraction of sp³-hybridized carbons (Fsp3) is 0.500. The average Bonchev–Trinajstić information content (AvgIpc) is 2.74. The Morgan fingerprint density at radius 3 is 2.93 bits per heavy atom. The summed E-state index contributed by atoms with van der Waals surface area (Å²) in [5.74, 6) is 1.78. The quantitative estimate of drug-likeness (QED) is 0.819. The fourth-order valence-electron chi connectivity index (χ4n) is 1.74. The maximum Gasteiger partial charge on any atom is 0.126 e. The monoisotopic (exact) mass is 207 g/mol. The third kappa shape index (κ3) is 2.42. The molecule has 1 aromatic carbocycles. The number of rotatable bonds is 3. The van der Waals surface area contributed by atoms with Gasteiger partial charge in [0.2, 0.25) is 0 Å². The van der Waals surface area contributed by atoms with E-state index >= 15 is 0 Å². The number of nitrogens with one attached hydrogen (secondary N) is 1. The van der Waals surface area contributed by atoms with Gasteiger partial charge in [-0.1, -0.05) is 6.07 Å². The lowest BCUT2D eigenvalue weighted by Crippen LogP contribution is -2.19. The second-order valence-electron chi connectivity index (χ2n) is 3.86. The molecule has 0 amide bonds. The second kappa shape index (κ2) is 4.53. The van der Waals surface area contributed by atoms with Gasteiger partial charge in [-0.2, -0.15) is 0 Å². The molecule has 3 nitrogen and oxygen atoms in total. The van der Waals surface area contributed by atoms with Crippen LogP contribution in [0.15, 0.2) is 18.2 Å². The third-order valence-corrected chi connectivity index (χ3v) is 2.70. The Labute approximate surface area is 90.4 Å². The third-order valence-electron chi connectivity index (χ3n) is 2.70. The molecule has 15 heavy (non-hydrogen) atoms. The Morgan fingerprint density at radius 1 is 1.40 bits per heavy atom. The highest BCUT2D eigenvalue weighted by atomic mass is 16.5. The zero-order valence-electron chi connectivity index (χ0n) is 9.25. The minimum Gasteiger partial charge on any atom is -0.497 e. The maximum atomic E-state index is 5.91. The summed E-state index contributed by atoms with van der Waals surface area (Å²) >= 11 is 0. The van der Waals surface area contributed by atoms with Crippen molar-refractivity contribution in [2.45, 2.75) is 19.4 Å². The molecule has 1 aromatic rings. The van der Waals surface area contributed by atoms with Crippen LogP contribution in [0.2, 0.25) is 0 Å². The molecule has 0 spiro atoms. The van der Waals surface area contributed by atoms with E-state index in [1.165, 1.54) is 0 Å². The summed E-state index contributed by atoms with van der Waals surface area (Å²) in [5, 5.41) is 3.28. The van der Waals surface area contributed by atoms with Crippen LogP contribution in [0.3, 0.4) is 0 Å². The molecule has 2 rings (SSSR count). The van der Waals surface area contributed by atoms with Gasteiger partial charge in [-0.25, -0.2) is 0 Å². The van der Waals surface area contributed by atoms with Crippen LogP contribution in [0, 0.1) is 6.92 Å². The number of methoxy groups -OCH3 is 1. The van der Waals surface area contributed by atoms with Crippen molar-refractivity contribution < 1.29 is 9.47 Å². The lowest BCUT2D eigenvalue weighted by Gasteiger charge is -2.15. The van der Waals surface area contributed by atoms with Crippen molar-refractivity contribution in [3.05, 3.63) is 23.8 Å². The van der Waals surface area contributed by atoms with Gasteiger partial charge in [0.15, 0.2) is 0 Å². The molecule has 3 heteroatoms. The molecular weight excluding hydrogens is 190 g/mol. The Kier molecular flexibility index (Phi) is 3.11. The Morgan fingerprint density at radius 2 is 2.27 bits per heavy atom. The highest BCUT2D eigenvalue weighted by Crippen LogP contribution is 2.25. The predicted molar refractivity (Wildman–Crippen MR) is 59.6 cm³/mol. The van der Waals surface area contributed by atoms with Crippen molar-refractivity contribution in [2.75, 3.05) is 20.2 Å². The predicted octanol–water partition coefficient (Wildman–Crippen LogP) is 1.74. The first-order chi connectivity index (χ1) is 7.29. The number of hydrogen-bond donors (Lipinski definition) is 1. The molecule has 1 aliphatic rings. The van der Waals surface area contributed by atoms with E-state index in [1.807, 2.05) is 18.2 Å². The average molecular weight is 207 g/mol. The van der Waals surface area contributed by atoms with Crippen molar-refractivity contribution >= 4 is 0 Å². The molecule has 1 aliphatic heterocycles. The van der Waals surface area contributed by atoms with Crippen molar-refractivity contribution in [3.8, 4) is 11.5 Å². The SMILES string of the molecule is COc1ccc(C)c(OC2CCNC2)c1. The normalized spacial score (nSPS) is 20.3. The molecule has 1 atom stereocenters. The van der Waals surface area contributed by atoms with Gasteiger partial charge < -0.3 is 14.8 Å². The van der Waals surface area contributed by atoms with E-state index in [0.717, 1.165) is 36.6 Å². The largest absolute Gasteiger partial charge is 0.497 e. The van der Waals surface area contributed by atoms with Crippen LogP contribution in [-0.4, -0.2) is 26.3 Å². The molecule has 0 saturated carbocycles. The van der Waals surface area contributed by atoms with E-state index < -0.39 is 0 Å². The van der Waals surface area contributed by atoms with Crippen LogP contribution < -0.4 is 14.8 Å². The van der Waals surface area contributed by atoms with E-state index in [9.17, 15) is 0 Å². The molecule has 1 saturated heterocycles. The van der Waals surface area contributed by atoms with Gasteiger partial charge in [-0.3, -0.25) is 0 Å². The lowest BCUT2D eigenvalue weighted by molar-refractivity contribution is 0.220. The summed E-state index contributed by atoms with van der Waals surface area (Å²) in [6.45, 7) is 4.04. The van der Waals surface area contributed by atoms with Gasteiger partial charge in [-0.05, 0) is 31.5 Å². The minimum atomic E-state index is 0.302. The topological polar surface area (TPSA) is 30.5 Å². The maximum absolute atomic E-state index is 5.91. The van der Waals surface area contributed by atoms with Crippen molar-refractivity contribution in [1.29, 1.82) is 0 Å². The molecular formula is C12H17NO2. The van der Waals surface area contributed by atoms with Crippen molar-refractivity contribution in [1.82, 2.24) is 5.32 Å². The number of hydrogen-bond acceptors (Lipinski definition) is 3. The Balaban J connectivity index is 2.11. The van der Waals surface area contributed by atoms with Gasteiger partial charge >= 0.3 is 0 Å². The molecule has 0 radical (unpaired) electrons. The van der Waals surface area contributed by atoms with Gasteiger partial charge in [0.1, 0.15) is 17.6 Å². The zero-order chi connectivity index (χ0) is 10.7. The summed E-state index contributed by atoms with van der Waals surface area (Å²) in [6.07, 6.45) is 1.38. The van der Waals surface area contributed by atoms with Crippen LogP contribution in [0.4, 0.5) is 0 Å². The van der Waals surface area contributed by atoms with Crippen LogP contribution in [0.1, 0.15) is 12.0 Å². The van der Waals surface area contributed by atoms with E-state index in [4.69, 9.17) is 9.47 Å². The first-order valence-corrected chi connectivity index (χ1v) is 5.31. The van der Waals surface area contributed by atoms with Crippen LogP contribution in [0.5, 0.6) is 11.5 Å². The van der Waals surface area contributed by atoms with Crippen molar-refractivity contribution in [3.63, 3.8) is 0 Å². The first kappa shape index (κ1) is 10.3. The number of benzene rings is 1. The molecule has 0 aromatic heterocycles. The van der Waals surface area contributed by atoms with E-state index in [2.05, 4.69) is 12.2 Å². The second-order valence-corrected chi connectivity index (χ2v) is 3.86. The van der Waals surface area contributed by atoms with Gasteiger partial charge in [0.05, 0.1) is 7.11 Å². The Bertz CT molecular complexity index is 332. The molecule has 82 valence electrons. The number of ether oxygens (including phenoxy) is 2. The van der Waals surface area contributed by atoms with Crippen LogP contribution in [-0.2, 0) is 0 Å². The first-order valence-electron chi connectivity index (χ1n) is 5.31. The minimum absolute atomic E-state index is 0.302. The molecule has 1 unspecified atom stereocenters. The van der Waals surface area contributed by atoms with Gasteiger partial charge in [0.25, 0.3) is 0 Å². The standard InChI is InChI=1S/C12H17NO2/c1-9-3-4-10(14-2)7-12(9)15-11-5-6-13-8-11/h3-4,7,11,13H,5-6,8H2,1-2H3. The Hall–Kier alpha value is -1.22. The molecule has 1 fully saturated rings. The molecule has 1 N–H and O–H groups in total. The molecule has 0 bridgehead atoms. The van der Waals surface area contributed by atoms with Crippen LogP contribution in [0.25, 0.3) is 0 Å². The van der Waals surface area contributed by atoms with E-state index in [-0.39, 0.29) is 0 Å². The highest BCUT2D eigenvalue weighted by molar-refractivity contribution is 5.40. The van der Waals surface area contributed by atoms with Gasteiger partial charge in [0, 0.05) is 12.6 Å². The zero-order valence-corrected chi connectivity index (χ0v) is 9.25. The summed E-state index contributed by atoms with van der Waals surface area (Å²) < 4.78 is 11.1. The lowest BCUT2D eigenvalue weighted by atomic mass is 10.2. The summed E-state index contributed by atoms with van der Waals surface area (Å²) in [4.78, 5) is 0. The highest BCUT2D eigenvalue weighted by Gasteiger charge is 2.16. The van der Waals surface area contributed by atoms with E-state index in [1.54, 1.807) is 7.11 Å². The van der Waals surface area contributed by atoms with E-state index in [0.29, 0.717) is 6.10 Å². The summed E-state index contributed by atoms with van der Waals surface area (Å²) in [6, 6.07) is 5.93. The van der Waals surface area contributed by atoms with Crippen molar-refractivity contribution in [2.24, 2.45) is 0 Å². The fourth-order valence-corrected chi connectivity index (χ4v) is 1.74. The number of aryl methyl sites for hydroxylation is 1. The van der Waals surface area contributed by atoms with Crippen LogP contribution >= 0.6 is 0 Å². The smallest absolute Gasteiger partial charge is 0.126 e.